The second-order valence-corrected chi connectivity index (χ2v) is 8.62. The lowest BCUT2D eigenvalue weighted by molar-refractivity contribution is -0.143. The summed E-state index contributed by atoms with van der Waals surface area (Å²) >= 11 is 0. The molecule has 1 aromatic carbocycles. The van der Waals surface area contributed by atoms with E-state index in [1.807, 2.05) is 0 Å². The fourth-order valence-electron chi connectivity index (χ4n) is 3.58. The Morgan fingerprint density at radius 1 is 0.892 bits per heavy atom. The minimum Gasteiger partial charge on any atom is -0.481 e. The molecule has 1 aromatic heterocycles. The lowest BCUT2D eigenvalue weighted by atomic mass is 10.0. The fraction of sp³-hybridized carbons (Fsp3) is 0.435. The van der Waals surface area contributed by atoms with E-state index in [0.717, 1.165) is 17.8 Å². The predicted molar refractivity (Wildman–Crippen MR) is 129 cm³/mol. The third kappa shape index (κ3) is 7.99. The third-order valence-corrected chi connectivity index (χ3v) is 5.57. The first-order valence-electron chi connectivity index (χ1n) is 11.3. The number of rotatable bonds is 13. The van der Waals surface area contributed by atoms with E-state index in [1.165, 1.54) is 6.92 Å². The van der Waals surface area contributed by atoms with E-state index in [-0.39, 0.29) is 6.42 Å². The number of hydrogen-bond donors (Lipinski definition) is 9. The number of aromatic nitrogens is 1. The normalized spacial score (nSPS) is 16.0. The van der Waals surface area contributed by atoms with Crippen molar-refractivity contribution >= 4 is 40.6 Å². The number of hydrogen-bond acceptors (Lipinski definition) is 8. The van der Waals surface area contributed by atoms with Crippen LogP contribution in [0.2, 0.25) is 0 Å². The molecule has 0 fully saturated rings. The highest BCUT2D eigenvalue weighted by molar-refractivity contribution is 5.95. The summed E-state index contributed by atoms with van der Waals surface area (Å²) in [4.78, 5) is 63.4. The van der Waals surface area contributed by atoms with Gasteiger partial charge < -0.3 is 47.1 Å². The molecule has 10 N–H and O–H groups in total. The number of H-pyrrole nitrogens is 1. The highest BCUT2D eigenvalue weighted by Crippen LogP contribution is 2.19. The maximum absolute atomic E-state index is 12.9. The number of aliphatic carboxylic acids is 2. The number of carbonyl (C=O) groups is 5. The Hall–Kier alpha value is -4.01. The van der Waals surface area contributed by atoms with E-state index in [2.05, 4.69) is 20.9 Å². The molecule has 1 heterocycles. The van der Waals surface area contributed by atoms with E-state index in [4.69, 9.17) is 10.8 Å². The van der Waals surface area contributed by atoms with Crippen molar-refractivity contribution < 1.29 is 44.4 Å². The smallest absolute Gasteiger partial charge is 0.326 e. The van der Waals surface area contributed by atoms with Gasteiger partial charge in [-0.1, -0.05) is 18.2 Å². The van der Waals surface area contributed by atoms with Gasteiger partial charge in [0.05, 0.1) is 24.7 Å². The highest BCUT2D eigenvalue weighted by atomic mass is 16.4. The topological polar surface area (TPSA) is 244 Å². The van der Waals surface area contributed by atoms with E-state index in [0.29, 0.717) is 5.56 Å². The molecule has 202 valence electrons. The molecule has 0 aliphatic carbocycles. The van der Waals surface area contributed by atoms with Gasteiger partial charge in [0.2, 0.25) is 17.7 Å². The molecule has 14 nitrogen and oxygen atoms in total. The van der Waals surface area contributed by atoms with Crippen LogP contribution in [-0.4, -0.2) is 91.4 Å². The number of benzene rings is 1. The molecule has 3 amide bonds. The molecule has 0 saturated heterocycles. The quantitative estimate of drug-likeness (QED) is 0.138. The Morgan fingerprint density at radius 3 is 1.97 bits per heavy atom. The Labute approximate surface area is 211 Å². The van der Waals surface area contributed by atoms with Crippen molar-refractivity contribution in [3.63, 3.8) is 0 Å². The van der Waals surface area contributed by atoms with Crippen molar-refractivity contribution in [2.75, 3.05) is 0 Å². The number of nitrogens with one attached hydrogen (secondary N) is 4. The van der Waals surface area contributed by atoms with Crippen LogP contribution in [0.5, 0.6) is 0 Å². The van der Waals surface area contributed by atoms with Gasteiger partial charge in [0.25, 0.3) is 0 Å². The molecule has 6 atom stereocenters. The number of aliphatic hydroxyl groups is 2. The SMILES string of the molecule is CC(O)C(NC(=O)C(N)CC(=O)O)C(=O)NC(C(=O)NC(Cc1c[nH]c2ccccc12)C(=O)O)C(C)O. The van der Waals surface area contributed by atoms with Crippen LogP contribution in [0.1, 0.15) is 25.8 Å². The molecule has 2 rings (SSSR count). The third-order valence-electron chi connectivity index (χ3n) is 5.57. The predicted octanol–water partition coefficient (Wildman–Crippen LogP) is -2.19. The number of nitrogens with two attached hydrogens (primary N) is 1. The molecule has 2 aromatic rings. The van der Waals surface area contributed by atoms with Crippen molar-refractivity contribution in [2.24, 2.45) is 5.73 Å². The zero-order chi connectivity index (χ0) is 27.9. The molecule has 0 aliphatic rings. The highest BCUT2D eigenvalue weighted by Gasteiger charge is 2.34. The maximum Gasteiger partial charge on any atom is 0.326 e. The minimum atomic E-state index is -1.65. The summed E-state index contributed by atoms with van der Waals surface area (Å²) in [5.41, 5.74) is 6.86. The summed E-state index contributed by atoms with van der Waals surface area (Å²) in [5, 5.41) is 45.8. The number of aromatic amines is 1. The van der Waals surface area contributed by atoms with Gasteiger partial charge in [-0.05, 0) is 25.5 Å². The first-order valence-corrected chi connectivity index (χ1v) is 11.3. The molecule has 37 heavy (non-hydrogen) atoms. The van der Waals surface area contributed by atoms with Crippen molar-refractivity contribution in [2.45, 2.75) is 63.1 Å². The summed E-state index contributed by atoms with van der Waals surface area (Å²) < 4.78 is 0. The van der Waals surface area contributed by atoms with E-state index >= 15 is 0 Å². The molecule has 0 saturated carbocycles. The second kappa shape index (κ2) is 12.8. The Balaban J connectivity index is 2.14. The number of amides is 3. The number of carbonyl (C=O) groups excluding carboxylic acids is 3. The summed E-state index contributed by atoms with van der Waals surface area (Å²) in [6.07, 6.45) is -2.20. The molecular formula is C23H31N5O9. The lowest BCUT2D eigenvalue weighted by Crippen LogP contribution is -2.62. The summed E-state index contributed by atoms with van der Waals surface area (Å²) in [5.74, 6) is -5.85. The molecular weight excluding hydrogens is 490 g/mol. The zero-order valence-corrected chi connectivity index (χ0v) is 20.2. The van der Waals surface area contributed by atoms with Gasteiger partial charge in [-0.15, -0.1) is 0 Å². The summed E-state index contributed by atoms with van der Waals surface area (Å²) in [6, 6.07) is 0.947. The van der Waals surface area contributed by atoms with Crippen LogP contribution in [-0.2, 0) is 30.4 Å². The zero-order valence-electron chi connectivity index (χ0n) is 20.2. The van der Waals surface area contributed by atoms with Crippen molar-refractivity contribution in [3.05, 3.63) is 36.0 Å². The summed E-state index contributed by atoms with van der Waals surface area (Å²) in [7, 11) is 0. The Kier molecular flexibility index (Phi) is 10.1. The number of para-hydroxylation sites is 1. The van der Waals surface area contributed by atoms with Crippen molar-refractivity contribution in [3.8, 4) is 0 Å². The average molecular weight is 522 g/mol. The van der Waals surface area contributed by atoms with E-state index < -0.39 is 72.5 Å². The van der Waals surface area contributed by atoms with Crippen LogP contribution < -0.4 is 21.7 Å². The van der Waals surface area contributed by atoms with Crippen LogP contribution in [0.4, 0.5) is 0 Å². The van der Waals surface area contributed by atoms with Gasteiger partial charge in [-0.3, -0.25) is 19.2 Å². The number of carboxylic acids is 2. The molecule has 0 radical (unpaired) electrons. The van der Waals surface area contributed by atoms with Crippen LogP contribution in [0.3, 0.4) is 0 Å². The van der Waals surface area contributed by atoms with E-state index in [1.54, 1.807) is 30.5 Å². The summed E-state index contributed by atoms with van der Waals surface area (Å²) in [6.45, 7) is 2.34. The molecule has 0 spiro atoms. The maximum atomic E-state index is 12.9. The number of aliphatic hydroxyl groups excluding tert-OH is 2. The van der Waals surface area contributed by atoms with Gasteiger partial charge in [-0.25, -0.2) is 4.79 Å². The van der Waals surface area contributed by atoms with Gasteiger partial charge in [-0.2, -0.15) is 0 Å². The van der Waals surface area contributed by atoms with Crippen LogP contribution in [0, 0.1) is 0 Å². The van der Waals surface area contributed by atoms with Gasteiger partial charge >= 0.3 is 11.9 Å². The largest absolute Gasteiger partial charge is 0.481 e. The fourth-order valence-corrected chi connectivity index (χ4v) is 3.58. The van der Waals surface area contributed by atoms with Crippen LogP contribution in [0.25, 0.3) is 10.9 Å². The number of carboxylic acid groups (broad SMARTS) is 2. The van der Waals surface area contributed by atoms with Crippen LogP contribution >= 0.6 is 0 Å². The molecule has 6 unspecified atom stereocenters. The van der Waals surface area contributed by atoms with Gasteiger partial charge in [0.1, 0.15) is 18.1 Å². The lowest BCUT2D eigenvalue weighted by Gasteiger charge is -2.27. The number of fused-ring (bicyclic) bond motifs is 1. The van der Waals surface area contributed by atoms with Gasteiger partial charge in [0.15, 0.2) is 0 Å². The van der Waals surface area contributed by atoms with E-state index in [9.17, 15) is 39.3 Å². The minimum absolute atomic E-state index is 0.0978. The first kappa shape index (κ1) is 29.2. The average Bonchev–Trinajstić information content (AvgIpc) is 3.21. The van der Waals surface area contributed by atoms with Gasteiger partial charge in [0, 0.05) is 23.5 Å². The molecule has 14 heteroatoms. The standard InChI is InChI=1S/C23H31N5O9/c1-10(29)18(28-22(35)19(11(2)30)27-20(33)14(24)8-17(31)32)21(34)26-16(23(36)37)7-12-9-25-15-6-4-3-5-13(12)15/h3-6,9-11,14,16,18-19,25,29-30H,7-8,24H2,1-2H3,(H,26,34)(H,27,33)(H,28,35)(H,31,32)(H,36,37). The second-order valence-electron chi connectivity index (χ2n) is 8.62. The monoisotopic (exact) mass is 521 g/mol. The van der Waals surface area contributed by atoms with Crippen LogP contribution in [0.15, 0.2) is 30.5 Å². The molecule has 0 aliphatic heterocycles. The Morgan fingerprint density at radius 2 is 1.43 bits per heavy atom. The first-order chi connectivity index (χ1) is 17.3. The Bertz CT molecular complexity index is 1150. The van der Waals surface area contributed by atoms with Crippen molar-refractivity contribution in [1.82, 2.24) is 20.9 Å². The molecule has 0 bridgehead atoms. The van der Waals surface area contributed by atoms with Crippen molar-refractivity contribution in [1.29, 1.82) is 0 Å².